The zero-order valence-electron chi connectivity index (χ0n) is 61.8. The molecule has 25 nitrogen and oxygen atoms in total. The van der Waals surface area contributed by atoms with Gasteiger partial charge < -0.3 is 64.8 Å². The molecule has 7 rings (SSSR count). The Morgan fingerprint density at radius 1 is 0.604 bits per heavy atom. The highest BCUT2D eigenvalue weighted by molar-refractivity contribution is 6.21. The van der Waals surface area contributed by atoms with Crippen LogP contribution in [0.25, 0.3) is 0 Å². The molecule has 3 saturated heterocycles. The fraction of sp³-hybridized carbons (Fsp3) is 0.833. The van der Waals surface area contributed by atoms with Crippen LogP contribution in [0, 0.1) is 35.5 Å². The van der Waals surface area contributed by atoms with Crippen LogP contribution in [0.4, 0.5) is 13.2 Å². The lowest BCUT2D eigenvalue weighted by Gasteiger charge is -2.43. The van der Waals surface area contributed by atoms with Crippen molar-refractivity contribution in [2.45, 2.75) is 248 Å². The summed E-state index contributed by atoms with van der Waals surface area (Å²) in [5.41, 5.74) is -1.56. The number of alkyl halides is 4. The summed E-state index contributed by atoms with van der Waals surface area (Å²) >= 11 is 6.41. The van der Waals surface area contributed by atoms with Crippen LogP contribution in [-0.2, 0) is 62.3 Å². The van der Waals surface area contributed by atoms with Crippen LogP contribution in [0.1, 0.15) is 188 Å². The van der Waals surface area contributed by atoms with Crippen molar-refractivity contribution >= 4 is 82.5 Å². The predicted molar refractivity (Wildman–Crippen MR) is 372 cm³/mol. The first-order valence-electron chi connectivity index (χ1n) is 37.3. The van der Waals surface area contributed by atoms with E-state index in [2.05, 4.69) is 16.0 Å². The first-order chi connectivity index (χ1) is 47.7. The second kappa shape index (κ2) is 36.9. The molecule has 0 aromatic heterocycles. The number of likely N-dealkylation sites (N-methyl/N-ethyl adjacent to an activating group) is 7. The van der Waals surface area contributed by atoms with Gasteiger partial charge in [-0.3, -0.25) is 57.5 Å². The number of carbonyl (C=O) groups excluding carboxylic acids is 12. The van der Waals surface area contributed by atoms with Gasteiger partial charge in [-0.15, -0.1) is 11.6 Å². The largest absolute Gasteiger partial charge is 0.393 e. The minimum atomic E-state index is -4.51. The molecule has 0 aromatic rings. The van der Waals surface area contributed by atoms with Crippen LogP contribution in [0.2, 0.25) is 0 Å². The van der Waals surface area contributed by atoms with E-state index >= 15 is 28.8 Å². The predicted octanol–water partition coefficient (Wildman–Crippen LogP) is 5.33. The third-order valence-corrected chi connectivity index (χ3v) is 23.6. The summed E-state index contributed by atoms with van der Waals surface area (Å²) in [6, 6.07) is -8.64. The molecule has 0 bridgehead atoms. The van der Waals surface area contributed by atoms with E-state index in [0.717, 1.165) is 66.1 Å². The second-order valence-electron chi connectivity index (χ2n) is 30.8. The first-order valence-corrected chi connectivity index (χ1v) is 37.7. The monoisotopic (exact) mass is 1450 g/mol. The number of halogens is 4. The molecule has 7 aliphatic rings. The van der Waals surface area contributed by atoms with E-state index in [9.17, 15) is 41.9 Å². The van der Waals surface area contributed by atoms with Crippen LogP contribution in [0.3, 0.4) is 0 Å². The van der Waals surface area contributed by atoms with Crippen LogP contribution in [0.15, 0.2) is 0 Å². The highest BCUT2D eigenvalue weighted by Crippen LogP contribution is 2.44. The lowest BCUT2D eigenvalue weighted by molar-refractivity contribution is -0.182. The molecular formula is C72H116ClF3N12O13. The van der Waals surface area contributed by atoms with Crippen molar-refractivity contribution in [2.75, 3.05) is 102 Å². The minimum absolute atomic E-state index is 0.00102. The summed E-state index contributed by atoms with van der Waals surface area (Å²) in [5, 5.41) is 7.62. The van der Waals surface area contributed by atoms with Crippen LogP contribution >= 0.6 is 11.6 Å². The van der Waals surface area contributed by atoms with Crippen LogP contribution in [-0.4, -0.2) is 276 Å². The van der Waals surface area contributed by atoms with E-state index in [1.54, 1.807) is 6.92 Å². The molecule has 1 spiro atoms. The van der Waals surface area contributed by atoms with Crippen molar-refractivity contribution < 1.29 is 75.4 Å². The third-order valence-electron chi connectivity index (χ3n) is 23.1. The number of ether oxygens (including phenoxy) is 1. The Kier molecular flexibility index (Phi) is 29.9. The van der Waals surface area contributed by atoms with Gasteiger partial charge in [0.15, 0.2) is 0 Å². The maximum Gasteiger partial charge on any atom is 0.393 e. The number of morpholine rings is 1. The Hall–Kier alpha value is -6.32. The standard InChI is InChI=1S/C72H116ClF3N12O13/c1-12-46(4)61-68(98)82(7)43-59(91)80(5)44-60(92)84(9)55(40-47-22-15-13-16-23-47)66(96)81(6)42-57(89)77-52(30-28-48-27-29-50(51(73)39-48)72(74,75)76)65(95)88-33-21-26-53(88)64(94)79-71(31-19-20-32-71)70(100)86(11)62(49-24-17-14-18-25-49)69(99)85(10)56(67(97)87-34-36-101-37-35-87)41-58(90)83(8)54(38-45(2)3)63(93)78-61/h45-56,61-62H,12-44H2,1-11H3,(H,77,89)(H,78,93)(H,79,94)/t46-,48?,50?,51?,52-,53-,54-,55-,56-,61-,62-/m0/s1. The molecule has 3 N–H and O–H groups in total. The normalized spacial score (nSPS) is 29.9. The summed E-state index contributed by atoms with van der Waals surface area (Å²) in [6.07, 6.45) is 5.47. The van der Waals surface area contributed by atoms with Gasteiger partial charge in [0.1, 0.15) is 47.8 Å². The molecule has 11 atom stereocenters. The Bertz CT molecular complexity index is 2920. The van der Waals surface area contributed by atoms with Gasteiger partial charge in [-0.05, 0) is 113 Å². The summed E-state index contributed by atoms with van der Waals surface area (Å²) in [5.74, 6) is -10.8. The van der Waals surface area contributed by atoms with Gasteiger partial charge in [0.25, 0.3) is 0 Å². The molecule has 4 saturated carbocycles. The maximum atomic E-state index is 15.8. The highest BCUT2D eigenvalue weighted by atomic mass is 35.5. The van der Waals surface area contributed by atoms with E-state index < -0.39 is 174 Å². The Balaban J connectivity index is 1.28. The number of carbonyl (C=O) groups is 12. The molecule has 3 aliphatic heterocycles. The molecular weight excluding hydrogens is 1330 g/mol. The zero-order chi connectivity index (χ0) is 74.4. The van der Waals surface area contributed by atoms with Crippen molar-refractivity contribution in [1.82, 2.24) is 60.0 Å². The molecule has 570 valence electrons. The molecule has 0 radical (unpaired) electrons. The van der Waals surface area contributed by atoms with Crippen molar-refractivity contribution in [3.8, 4) is 0 Å². The molecule has 101 heavy (non-hydrogen) atoms. The SMILES string of the molecule is CC[C@H](C)[C@@H]1NC(=O)[C@H](CC(C)C)N(C)C(=O)C[C@@H](C(=O)N2CCOCC2)N(C)C(=O)[C@H](C2CCCCC2)N(C)C(=O)C2(CCCC2)NC(=O)[C@@H]2CCCN2C(=O)[C@H](CCC2CCC(C(F)(F)F)C(Cl)C2)NC(=O)CN(C)C(=O)[C@H](CC2CCCCC2)N(C)C(=O)CN(C)C(=O)CN(C)C1=O. The number of amides is 12. The molecule has 0 aromatic carbocycles. The van der Waals surface area contributed by atoms with Crippen molar-refractivity contribution in [2.24, 2.45) is 35.5 Å². The van der Waals surface area contributed by atoms with E-state index in [1.165, 1.54) is 78.7 Å². The van der Waals surface area contributed by atoms with Crippen LogP contribution < -0.4 is 16.0 Å². The average molecular weight is 1450 g/mol. The summed E-state index contributed by atoms with van der Waals surface area (Å²) in [7, 11) is 10.0. The lowest BCUT2D eigenvalue weighted by Crippen LogP contribution is -2.65. The molecule has 3 unspecified atom stereocenters. The van der Waals surface area contributed by atoms with Crippen molar-refractivity contribution in [1.29, 1.82) is 0 Å². The fourth-order valence-corrected chi connectivity index (χ4v) is 17.0. The smallest absolute Gasteiger partial charge is 0.378 e. The van der Waals surface area contributed by atoms with Gasteiger partial charge >= 0.3 is 6.18 Å². The minimum Gasteiger partial charge on any atom is -0.378 e. The van der Waals surface area contributed by atoms with Gasteiger partial charge in [0.05, 0.1) is 45.2 Å². The topological polar surface area (TPSA) is 279 Å². The molecule has 4 aliphatic carbocycles. The molecule has 3 heterocycles. The summed E-state index contributed by atoms with van der Waals surface area (Å²) < 4.78 is 47.7. The Morgan fingerprint density at radius 2 is 1.21 bits per heavy atom. The van der Waals surface area contributed by atoms with Gasteiger partial charge in [-0.1, -0.05) is 98.3 Å². The second-order valence-corrected chi connectivity index (χ2v) is 31.4. The van der Waals surface area contributed by atoms with Gasteiger partial charge in [0.2, 0.25) is 70.9 Å². The summed E-state index contributed by atoms with van der Waals surface area (Å²) in [6.45, 7) is 6.48. The number of rotatable bonds is 11. The van der Waals surface area contributed by atoms with E-state index in [-0.39, 0.29) is 115 Å². The quantitative estimate of drug-likeness (QED) is 0.221. The van der Waals surface area contributed by atoms with Crippen LogP contribution in [0.5, 0.6) is 0 Å². The van der Waals surface area contributed by atoms with E-state index in [1.807, 2.05) is 20.8 Å². The van der Waals surface area contributed by atoms with Crippen molar-refractivity contribution in [3.05, 3.63) is 0 Å². The van der Waals surface area contributed by atoms with Crippen molar-refractivity contribution in [3.63, 3.8) is 0 Å². The Morgan fingerprint density at radius 3 is 1.81 bits per heavy atom. The number of nitrogens with one attached hydrogen (secondary N) is 3. The number of fused-ring (bicyclic) bond motifs is 1. The molecule has 29 heteroatoms. The van der Waals surface area contributed by atoms with Gasteiger partial charge in [0, 0.05) is 74.3 Å². The number of hydrogen-bond donors (Lipinski definition) is 3. The first kappa shape index (κ1) is 82.0. The number of hydrogen-bond acceptors (Lipinski definition) is 13. The van der Waals surface area contributed by atoms with Gasteiger partial charge in [-0.25, -0.2) is 0 Å². The molecule has 7 fully saturated rings. The maximum absolute atomic E-state index is 15.8. The lowest BCUT2D eigenvalue weighted by atomic mass is 9.78. The fourth-order valence-electron chi connectivity index (χ4n) is 16.5. The highest BCUT2D eigenvalue weighted by Gasteiger charge is 2.52. The summed E-state index contributed by atoms with van der Waals surface area (Å²) in [4.78, 5) is 191. The van der Waals surface area contributed by atoms with Gasteiger partial charge in [-0.2, -0.15) is 13.2 Å². The van der Waals surface area contributed by atoms with E-state index in [4.69, 9.17) is 16.3 Å². The Labute approximate surface area is 600 Å². The molecule has 12 amide bonds. The van der Waals surface area contributed by atoms with E-state index in [0.29, 0.717) is 38.5 Å². The third kappa shape index (κ3) is 21.0. The zero-order valence-corrected chi connectivity index (χ0v) is 62.5. The number of nitrogens with zero attached hydrogens (tertiary/aromatic N) is 9. The average Bonchev–Trinajstić information content (AvgIpc) is 1.74.